The molecule has 0 spiro atoms. The zero-order chi connectivity index (χ0) is 17.5. The minimum absolute atomic E-state index is 0.0313. The Bertz CT molecular complexity index is 571. The Morgan fingerprint density at radius 3 is 2.33 bits per heavy atom. The second kappa shape index (κ2) is 8.83. The van der Waals surface area contributed by atoms with Crippen LogP contribution in [-0.4, -0.2) is 35.8 Å². The summed E-state index contributed by atoms with van der Waals surface area (Å²) in [6, 6.07) is 7.36. The number of para-hydroxylation sites is 1. The van der Waals surface area contributed by atoms with Crippen molar-refractivity contribution < 1.29 is 9.59 Å². The smallest absolute Gasteiger partial charge is 0.239 e. The molecule has 2 rings (SSSR count). The summed E-state index contributed by atoms with van der Waals surface area (Å²) in [4.78, 5) is 28.3. The van der Waals surface area contributed by atoms with Gasteiger partial charge in [-0.3, -0.25) is 9.59 Å². The number of anilines is 1. The van der Waals surface area contributed by atoms with Crippen molar-refractivity contribution in [2.45, 2.75) is 58.5 Å². The molecule has 5 heteroatoms. The Morgan fingerprint density at radius 1 is 1.04 bits per heavy atom. The van der Waals surface area contributed by atoms with Crippen LogP contribution in [-0.2, 0) is 16.1 Å². The van der Waals surface area contributed by atoms with Crippen molar-refractivity contribution in [2.24, 2.45) is 5.73 Å². The van der Waals surface area contributed by atoms with Crippen molar-refractivity contribution in [1.82, 2.24) is 4.90 Å². The number of nitrogens with two attached hydrogens (primary N) is 1. The van der Waals surface area contributed by atoms with Gasteiger partial charge in [-0.25, -0.2) is 0 Å². The predicted octanol–water partition coefficient (Wildman–Crippen LogP) is 2.68. The van der Waals surface area contributed by atoms with Gasteiger partial charge < -0.3 is 15.5 Å². The summed E-state index contributed by atoms with van der Waals surface area (Å²) < 4.78 is 0. The highest BCUT2D eigenvalue weighted by Crippen LogP contribution is 2.24. The Morgan fingerprint density at radius 2 is 1.67 bits per heavy atom. The van der Waals surface area contributed by atoms with Crippen molar-refractivity contribution in [3.8, 4) is 0 Å². The summed E-state index contributed by atoms with van der Waals surface area (Å²) in [6.07, 6.45) is 5.35. The molecule has 0 unspecified atom stereocenters. The molecule has 2 N–H and O–H groups in total. The van der Waals surface area contributed by atoms with E-state index < -0.39 is 6.04 Å². The molecule has 132 valence electrons. The van der Waals surface area contributed by atoms with E-state index in [9.17, 15) is 9.59 Å². The molecule has 24 heavy (non-hydrogen) atoms. The average molecular weight is 331 g/mol. The lowest BCUT2D eigenvalue weighted by atomic mass is 10.1. The number of carbonyl (C=O) groups is 2. The van der Waals surface area contributed by atoms with Crippen LogP contribution in [0.5, 0.6) is 0 Å². The average Bonchev–Trinajstić information content (AvgIpc) is 2.54. The van der Waals surface area contributed by atoms with Crippen molar-refractivity contribution in [2.75, 3.05) is 18.0 Å². The van der Waals surface area contributed by atoms with Crippen LogP contribution in [0.2, 0.25) is 0 Å². The maximum Gasteiger partial charge on any atom is 0.239 e. The van der Waals surface area contributed by atoms with E-state index in [0.29, 0.717) is 6.54 Å². The molecule has 0 saturated heterocycles. The molecular formula is C19H29N3O2. The van der Waals surface area contributed by atoms with Crippen LogP contribution in [0.3, 0.4) is 0 Å². The zero-order valence-corrected chi connectivity index (χ0v) is 14.8. The normalized spacial score (nSPS) is 18.1. The van der Waals surface area contributed by atoms with Crippen LogP contribution in [0.1, 0.15) is 51.5 Å². The van der Waals surface area contributed by atoms with E-state index in [2.05, 4.69) is 0 Å². The van der Waals surface area contributed by atoms with Crippen LogP contribution < -0.4 is 10.6 Å². The summed E-state index contributed by atoms with van der Waals surface area (Å²) in [7, 11) is 0. The number of carbonyl (C=O) groups excluding carboxylic acids is 2. The standard InChI is InChI=1S/C19H29N3O2/c1-15(20)19(24)21-12-8-4-3-5-9-13-22(16(2)23)18-11-7-6-10-17(18)14-21/h6-7,10-11,15H,3-5,8-9,12-14,20H2,1-2H3/t15-/m1/s1. The molecule has 1 aromatic rings. The van der Waals surface area contributed by atoms with E-state index in [1.807, 2.05) is 34.1 Å². The topological polar surface area (TPSA) is 66.6 Å². The van der Waals surface area contributed by atoms with Crippen LogP contribution >= 0.6 is 0 Å². The van der Waals surface area contributed by atoms with Gasteiger partial charge >= 0.3 is 0 Å². The molecule has 2 amide bonds. The molecule has 0 fully saturated rings. The Balaban J connectivity index is 2.34. The first-order valence-corrected chi connectivity index (χ1v) is 8.91. The lowest BCUT2D eigenvalue weighted by molar-refractivity contribution is -0.132. The quantitative estimate of drug-likeness (QED) is 0.860. The highest BCUT2D eigenvalue weighted by molar-refractivity contribution is 5.92. The highest BCUT2D eigenvalue weighted by Gasteiger charge is 2.21. The van der Waals surface area contributed by atoms with Crippen molar-refractivity contribution in [3.63, 3.8) is 0 Å². The molecule has 5 nitrogen and oxygen atoms in total. The summed E-state index contributed by atoms with van der Waals surface area (Å²) in [6.45, 7) is 5.28. The van der Waals surface area contributed by atoms with Gasteiger partial charge in [0.05, 0.1) is 6.04 Å². The second-order valence-electron chi connectivity index (χ2n) is 6.62. The van der Waals surface area contributed by atoms with Gasteiger partial charge in [0, 0.05) is 32.2 Å². The van der Waals surface area contributed by atoms with Crippen LogP contribution in [0, 0.1) is 0 Å². The largest absolute Gasteiger partial charge is 0.337 e. The molecule has 0 bridgehead atoms. The van der Waals surface area contributed by atoms with Gasteiger partial charge in [-0.05, 0) is 31.4 Å². The molecule has 1 aliphatic rings. The molecule has 1 atom stereocenters. The number of nitrogens with zero attached hydrogens (tertiary/aromatic N) is 2. The third-order valence-corrected chi connectivity index (χ3v) is 4.53. The fourth-order valence-corrected chi connectivity index (χ4v) is 3.22. The number of hydrogen-bond acceptors (Lipinski definition) is 3. The Hall–Kier alpha value is -1.88. The van der Waals surface area contributed by atoms with Crippen molar-refractivity contribution in [1.29, 1.82) is 0 Å². The number of rotatable bonds is 1. The molecule has 0 saturated carbocycles. The van der Waals surface area contributed by atoms with Gasteiger partial charge in [0.2, 0.25) is 11.8 Å². The number of amides is 2. The highest BCUT2D eigenvalue weighted by atomic mass is 16.2. The SMILES string of the molecule is CC(=O)N1CCCCCCCN(C(=O)[C@@H](C)N)Cc2ccccc21. The van der Waals surface area contributed by atoms with Crippen molar-refractivity contribution in [3.05, 3.63) is 29.8 Å². The van der Waals surface area contributed by atoms with Gasteiger partial charge in [-0.2, -0.15) is 0 Å². The fraction of sp³-hybridized carbons (Fsp3) is 0.579. The molecule has 1 aromatic carbocycles. The summed E-state index contributed by atoms with van der Waals surface area (Å²) in [5.41, 5.74) is 7.73. The molecular weight excluding hydrogens is 302 g/mol. The summed E-state index contributed by atoms with van der Waals surface area (Å²) >= 11 is 0. The zero-order valence-electron chi connectivity index (χ0n) is 14.8. The molecule has 0 radical (unpaired) electrons. The first kappa shape index (κ1) is 18.5. The molecule has 0 aromatic heterocycles. The van der Waals surface area contributed by atoms with Crippen LogP contribution in [0.4, 0.5) is 5.69 Å². The number of benzene rings is 1. The minimum Gasteiger partial charge on any atom is -0.337 e. The van der Waals surface area contributed by atoms with Gasteiger partial charge in [-0.1, -0.05) is 37.5 Å². The molecule has 1 heterocycles. The maximum absolute atomic E-state index is 12.5. The lowest BCUT2D eigenvalue weighted by Gasteiger charge is -2.29. The van der Waals surface area contributed by atoms with Gasteiger partial charge in [0.25, 0.3) is 0 Å². The van der Waals surface area contributed by atoms with Crippen molar-refractivity contribution >= 4 is 17.5 Å². The van der Waals surface area contributed by atoms with E-state index >= 15 is 0 Å². The first-order valence-electron chi connectivity index (χ1n) is 8.91. The first-order chi connectivity index (χ1) is 11.5. The fourth-order valence-electron chi connectivity index (χ4n) is 3.22. The Labute approximate surface area is 144 Å². The third kappa shape index (κ3) is 4.81. The van der Waals surface area contributed by atoms with E-state index in [4.69, 9.17) is 5.73 Å². The molecule has 1 aliphatic heterocycles. The van der Waals surface area contributed by atoms with Gasteiger partial charge in [-0.15, -0.1) is 0 Å². The minimum atomic E-state index is -0.506. The van der Waals surface area contributed by atoms with E-state index in [0.717, 1.165) is 56.4 Å². The monoisotopic (exact) mass is 331 g/mol. The Kier molecular flexibility index (Phi) is 6.79. The number of fused-ring (bicyclic) bond motifs is 1. The molecule has 0 aliphatic carbocycles. The number of hydrogen-bond donors (Lipinski definition) is 1. The van der Waals surface area contributed by atoms with Crippen LogP contribution in [0.25, 0.3) is 0 Å². The van der Waals surface area contributed by atoms with E-state index in [1.54, 1.807) is 13.8 Å². The van der Waals surface area contributed by atoms with Crippen LogP contribution in [0.15, 0.2) is 24.3 Å². The lowest BCUT2D eigenvalue weighted by Crippen LogP contribution is -2.42. The van der Waals surface area contributed by atoms with Gasteiger partial charge in [0.1, 0.15) is 0 Å². The maximum atomic E-state index is 12.5. The summed E-state index contributed by atoms with van der Waals surface area (Å²) in [5, 5.41) is 0. The summed E-state index contributed by atoms with van der Waals surface area (Å²) in [5.74, 6) is 0.0146. The van der Waals surface area contributed by atoms with Gasteiger partial charge in [0.15, 0.2) is 0 Å². The van der Waals surface area contributed by atoms with E-state index in [1.165, 1.54) is 0 Å². The predicted molar refractivity (Wildman–Crippen MR) is 96.6 cm³/mol. The second-order valence-corrected chi connectivity index (χ2v) is 6.62. The third-order valence-electron chi connectivity index (χ3n) is 4.53. The van der Waals surface area contributed by atoms with E-state index in [-0.39, 0.29) is 11.8 Å².